The van der Waals surface area contributed by atoms with Crippen molar-refractivity contribution in [3.05, 3.63) is 64.7 Å². The van der Waals surface area contributed by atoms with E-state index in [-0.39, 0.29) is 18.3 Å². The number of anilines is 1. The van der Waals surface area contributed by atoms with Crippen LogP contribution in [0.5, 0.6) is 0 Å². The number of carbonyl (C=O) groups is 3. The molecule has 5 nitrogen and oxygen atoms in total. The van der Waals surface area contributed by atoms with Crippen LogP contribution in [0.1, 0.15) is 33.6 Å². The van der Waals surface area contributed by atoms with E-state index < -0.39 is 5.97 Å². The molecule has 128 valence electrons. The summed E-state index contributed by atoms with van der Waals surface area (Å²) in [7, 11) is 0. The molecule has 0 radical (unpaired) electrons. The van der Waals surface area contributed by atoms with Crippen molar-refractivity contribution in [3.8, 4) is 0 Å². The monoisotopic (exact) mass is 357 g/mol. The highest BCUT2D eigenvalue weighted by molar-refractivity contribution is 6.30. The van der Waals surface area contributed by atoms with Crippen LogP contribution < -0.4 is 4.90 Å². The fourth-order valence-corrected chi connectivity index (χ4v) is 2.76. The number of esters is 1. The zero-order chi connectivity index (χ0) is 17.8. The van der Waals surface area contributed by atoms with Crippen LogP contribution in [0.15, 0.2) is 48.5 Å². The smallest absolute Gasteiger partial charge is 0.338 e. The van der Waals surface area contributed by atoms with Crippen molar-refractivity contribution >= 4 is 34.9 Å². The summed E-state index contributed by atoms with van der Waals surface area (Å²) in [6.07, 6.45) is 1.39. The quantitative estimate of drug-likeness (QED) is 0.607. The zero-order valence-corrected chi connectivity index (χ0v) is 14.2. The molecule has 2 aromatic rings. The predicted octanol–water partition coefficient (Wildman–Crippen LogP) is 3.51. The number of nitrogens with zero attached hydrogens (tertiary/aromatic N) is 1. The molecule has 1 saturated heterocycles. The fourth-order valence-electron chi connectivity index (χ4n) is 2.63. The van der Waals surface area contributed by atoms with E-state index in [2.05, 4.69) is 0 Å². The number of benzene rings is 2. The third kappa shape index (κ3) is 4.06. The minimum Gasteiger partial charge on any atom is -0.454 e. The molecule has 0 N–H and O–H groups in total. The number of hydrogen-bond acceptors (Lipinski definition) is 4. The van der Waals surface area contributed by atoms with Gasteiger partial charge in [0.2, 0.25) is 5.91 Å². The van der Waals surface area contributed by atoms with Crippen LogP contribution in [-0.2, 0) is 9.53 Å². The second-order valence-corrected chi connectivity index (χ2v) is 6.14. The van der Waals surface area contributed by atoms with Gasteiger partial charge in [0.05, 0.1) is 5.56 Å². The van der Waals surface area contributed by atoms with Crippen molar-refractivity contribution < 1.29 is 19.1 Å². The van der Waals surface area contributed by atoms with Gasteiger partial charge < -0.3 is 9.64 Å². The van der Waals surface area contributed by atoms with Gasteiger partial charge in [-0.05, 0) is 55.0 Å². The van der Waals surface area contributed by atoms with E-state index in [1.54, 1.807) is 53.4 Å². The first-order chi connectivity index (χ1) is 12.0. The summed E-state index contributed by atoms with van der Waals surface area (Å²) >= 11 is 5.77. The number of hydrogen-bond donors (Lipinski definition) is 0. The summed E-state index contributed by atoms with van der Waals surface area (Å²) in [5.41, 5.74) is 1.52. The Morgan fingerprint density at radius 1 is 1.00 bits per heavy atom. The first kappa shape index (κ1) is 17.2. The van der Waals surface area contributed by atoms with Crippen LogP contribution >= 0.6 is 11.6 Å². The van der Waals surface area contributed by atoms with Crippen molar-refractivity contribution in [2.75, 3.05) is 18.1 Å². The summed E-state index contributed by atoms with van der Waals surface area (Å²) in [4.78, 5) is 37.5. The van der Waals surface area contributed by atoms with E-state index >= 15 is 0 Å². The molecule has 3 rings (SSSR count). The lowest BCUT2D eigenvalue weighted by molar-refractivity contribution is -0.117. The molecule has 0 aliphatic carbocycles. The average Bonchev–Trinajstić information content (AvgIpc) is 3.06. The Bertz CT molecular complexity index is 799. The molecule has 1 heterocycles. The first-order valence-electron chi connectivity index (χ1n) is 7.91. The van der Waals surface area contributed by atoms with Crippen LogP contribution in [0, 0.1) is 0 Å². The van der Waals surface area contributed by atoms with Gasteiger partial charge in [-0.1, -0.05) is 11.6 Å². The normalized spacial score (nSPS) is 13.8. The topological polar surface area (TPSA) is 63.7 Å². The Morgan fingerprint density at radius 3 is 2.24 bits per heavy atom. The summed E-state index contributed by atoms with van der Waals surface area (Å²) in [5.74, 6) is -0.796. The standard InChI is InChI=1S/C19H16ClNO4/c20-15-7-3-13(4-8-15)17(22)12-25-19(24)14-5-9-16(10-6-14)21-11-1-2-18(21)23/h3-10H,1-2,11-12H2. The fraction of sp³-hybridized carbons (Fsp3) is 0.211. The molecule has 1 aliphatic rings. The van der Waals surface area contributed by atoms with Gasteiger partial charge in [-0.25, -0.2) is 4.79 Å². The highest BCUT2D eigenvalue weighted by Crippen LogP contribution is 2.21. The Morgan fingerprint density at radius 2 is 1.64 bits per heavy atom. The van der Waals surface area contributed by atoms with Gasteiger partial charge in [-0.3, -0.25) is 9.59 Å². The van der Waals surface area contributed by atoms with Crippen LogP contribution in [0.3, 0.4) is 0 Å². The molecule has 0 saturated carbocycles. The van der Waals surface area contributed by atoms with E-state index in [1.165, 1.54) is 0 Å². The third-order valence-electron chi connectivity index (χ3n) is 3.99. The minimum atomic E-state index is -0.582. The number of rotatable bonds is 5. The molecule has 6 heteroatoms. The second-order valence-electron chi connectivity index (χ2n) is 5.70. The number of carbonyl (C=O) groups excluding carboxylic acids is 3. The van der Waals surface area contributed by atoms with Gasteiger partial charge in [0.15, 0.2) is 12.4 Å². The Balaban J connectivity index is 1.58. The largest absolute Gasteiger partial charge is 0.454 e. The molecule has 0 aromatic heterocycles. The Hall–Kier alpha value is -2.66. The highest BCUT2D eigenvalue weighted by Gasteiger charge is 2.22. The Labute approximate surface area is 150 Å². The lowest BCUT2D eigenvalue weighted by Gasteiger charge is -2.15. The van der Waals surface area contributed by atoms with E-state index in [9.17, 15) is 14.4 Å². The van der Waals surface area contributed by atoms with Crippen molar-refractivity contribution in [2.24, 2.45) is 0 Å². The molecule has 1 aliphatic heterocycles. The lowest BCUT2D eigenvalue weighted by Crippen LogP contribution is -2.23. The molecule has 1 amide bonds. The average molecular weight is 358 g/mol. The molecule has 1 fully saturated rings. The summed E-state index contributed by atoms with van der Waals surface area (Å²) in [6.45, 7) is 0.352. The molecule has 0 atom stereocenters. The molecule has 2 aromatic carbocycles. The van der Waals surface area contributed by atoms with Gasteiger partial charge in [0.25, 0.3) is 0 Å². The summed E-state index contributed by atoms with van der Waals surface area (Å²) in [6, 6.07) is 13.0. The SMILES string of the molecule is O=C(COC(=O)c1ccc(N2CCCC2=O)cc1)c1ccc(Cl)cc1. The van der Waals surface area contributed by atoms with Crippen LogP contribution in [0.25, 0.3) is 0 Å². The van der Waals surface area contributed by atoms with Crippen molar-refractivity contribution in [3.63, 3.8) is 0 Å². The van der Waals surface area contributed by atoms with E-state index in [4.69, 9.17) is 16.3 Å². The Kier molecular flexibility index (Phi) is 5.14. The maximum Gasteiger partial charge on any atom is 0.338 e. The minimum absolute atomic E-state index is 0.0869. The maximum atomic E-state index is 12.1. The molecule has 0 bridgehead atoms. The summed E-state index contributed by atoms with van der Waals surface area (Å²) in [5, 5.41) is 0.533. The number of ether oxygens (including phenoxy) is 1. The van der Waals surface area contributed by atoms with Gasteiger partial charge >= 0.3 is 5.97 Å². The van der Waals surface area contributed by atoms with Gasteiger partial charge in [0, 0.05) is 29.2 Å². The molecular formula is C19H16ClNO4. The second kappa shape index (κ2) is 7.49. The molecule has 0 unspecified atom stereocenters. The number of ketones is 1. The van der Waals surface area contributed by atoms with E-state index in [0.29, 0.717) is 29.1 Å². The molecular weight excluding hydrogens is 342 g/mol. The third-order valence-corrected chi connectivity index (χ3v) is 4.24. The van der Waals surface area contributed by atoms with Crippen molar-refractivity contribution in [2.45, 2.75) is 12.8 Å². The van der Waals surface area contributed by atoms with Crippen molar-refractivity contribution in [1.29, 1.82) is 0 Å². The highest BCUT2D eigenvalue weighted by atomic mass is 35.5. The summed E-state index contributed by atoms with van der Waals surface area (Å²) < 4.78 is 5.06. The van der Waals surface area contributed by atoms with Gasteiger partial charge in [-0.15, -0.1) is 0 Å². The van der Waals surface area contributed by atoms with Crippen LogP contribution in [0.2, 0.25) is 5.02 Å². The van der Waals surface area contributed by atoms with Crippen LogP contribution in [0.4, 0.5) is 5.69 Å². The maximum absolute atomic E-state index is 12.1. The number of halogens is 1. The first-order valence-corrected chi connectivity index (χ1v) is 8.29. The van der Waals surface area contributed by atoms with E-state index in [1.807, 2.05) is 0 Å². The van der Waals surface area contributed by atoms with E-state index in [0.717, 1.165) is 12.1 Å². The predicted molar refractivity (Wildman–Crippen MR) is 94.1 cm³/mol. The van der Waals surface area contributed by atoms with Gasteiger partial charge in [0.1, 0.15) is 0 Å². The number of Topliss-reactive ketones (excluding diaryl/α,β-unsaturated/α-hetero) is 1. The van der Waals surface area contributed by atoms with Gasteiger partial charge in [-0.2, -0.15) is 0 Å². The van der Waals surface area contributed by atoms with Crippen LogP contribution in [-0.4, -0.2) is 30.8 Å². The van der Waals surface area contributed by atoms with Crippen molar-refractivity contribution in [1.82, 2.24) is 0 Å². The molecule has 0 spiro atoms. The number of amides is 1. The lowest BCUT2D eigenvalue weighted by atomic mass is 10.1. The zero-order valence-electron chi connectivity index (χ0n) is 13.4. The molecule has 25 heavy (non-hydrogen) atoms.